The number of aromatic nitrogens is 4. The maximum atomic E-state index is 13.0. The molecule has 0 radical (unpaired) electrons. The van der Waals surface area contributed by atoms with Crippen LogP contribution in [-0.2, 0) is 18.3 Å². The topological polar surface area (TPSA) is 136 Å². The lowest BCUT2D eigenvalue weighted by atomic mass is 9.94. The van der Waals surface area contributed by atoms with Crippen molar-refractivity contribution in [1.82, 2.24) is 24.6 Å². The van der Waals surface area contributed by atoms with Gasteiger partial charge in [0, 0.05) is 12.0 Å². The molecule has 5 unspecified atom stereocenters. The molecule has 2 aromatic heterocycles. The van der Waals surface area contributed by atoms with Crippen LogP contribution in [0.3, 0.4) is 0 Å². The van der Waals surface area contributed by atoms with Gasteiger partial charge in [-0.15, -0.1) is 0 Å². The largest absolute Gasteiger partial charge is 0.479 e. The average molecular weight is 410 g/mol. The number of nitrogen functional groups attached to an aromatic ring is 1. The van der Waals surface area contributed by atoms with Crippen molar-refractivity contribution in [3.63, 3.8) is 0 Å². The Balaban J connectivity index is 1.42. The summed E-state index contributed by atoms with van der Waals surface area (Å²) in [6.45, 7) is 2.19. The molecule has 3 aliphatic rings. The minimum Gasteiger partial charge on any atom is -0.479 e. The molecule has 0 bridgehead atoms. The average Bonchev–Trinajstić information content (AvgIpc) is 3.19. The van der Waals surface area contributed by atoms with Gasteiger partial charge in [0.2, 0.25) is 11.8 Å². The number of nitrogens with zero attached hydrogens (tertiary/aromatic N) is 4. The summed E-state index contributed by atoms with van der Waals surface area (Å²) in [5, 5.41) is 3.05. The zero-order valence-electron chi connectivity index (χ0n) is 15.6. The molecule has 3 N–H and O–H groups in total. The fourth-order valence-electron chi connectivity index (χ4n) is 3.92. The molecule has 152 valence electrons. The fourth-order valence-corrected chi connectivity index (χ4v) is 5.82. The van der Waals surface area contributed by atoms with Gasteiger partial charge in [0.25, 0.3) is 0 Å². The number of imidazole rings is 1. The molecule has 1 saturated carbocycles. The summed E-state index contributed by atoms with van der Waals surface area (Å²) in [5.41, 5.74) is 6.81. The number of nitrogens with two attached hydrogens (primary N) is 1. The van der Waals surface area contributed by atoms with Gasteiger partial charge < -0.3 is 15.2 Å². The minimum atomic E-state index is -3.33. The highest BCUT2D eigenvalue weighted by Gasteiger charge is 2.52. The summed E-state index contributed by atoms with van der Waals surface area (Å²) in [5.74, 6) is 0.283. The van der Waals surface area contributed by atoms with Crippen LogP contribution in [0.25, 0.3) is 11.2 Å². The minimum absolute atomic E-state index is 0.0861. The molecule has 3 fully saturated rings. The molecule has 5 atom stereocenters. The molecule has 5 rings (SSSR count). The Morgan fingerprint density at radius 2 is 2.21 bits per heavy atom. The summed E-state index contributed by atoms with van der Waals surface area (Å²) in [6, 6.07) is 0.195. The lowest BCUT2D eigenvalue weighted by Gasteiger charge is -2.36. The third kappa shape index (κ3) is 2.89. The first kappa shape index (κ1) is 18.3. The number of anilines is 1. The van der Waals surface area contributed by atoms with E-state index in [4.69, 9.17) is 24.3 Å². The molecule has 2 saturated heterocycles. The van der Waals surface area contributed by atoms with E-state index >= 15 is 0 Å². The van der Waals surface area contributed by atoms with Gasteiger partial charge in [-0.3, -0.25) is 13.6 Å². The van der Waals surface area contributed by atoms with Crippen LogP contribution >= 0.6 is 7.75 Å². The SMILES string of the molecule is COc1nc(N)nc2c1ncn2C1OC2COP(=O)(NC3CCC3)OC2C1C. The normalized spacial score (nSPS) is 35.6. The summed E-state index contributed by atoms with van der Waals surface area (Å²) in [6.07, 6.45) is 3.62. The highest BCUT2D eigenvalue weighted by molar-refractivity contribution is 7.51. The van der Waals surface area contributed by atoms with E-state index in [9.17, 15) is 4.57 Å². The monoisotopic (exact) mass is 410 g/mol. The Hall–Kier alpha value is -1.78. The number of hydrogen-bond acceptors (Lipinski definition) is 9. The van der Waals surface area contributed by atoms with Gasteiger partial charge in [-0.1, -0.05) is 13.3 Å². The molecule has 11 nitrogen and oxygen atoms in total. The van der Waals surface area contributed by atoms with Gasteiger partial charge in [-0.05, 0) is 12.8 Å². The van der Waals surface area contributed by atoms with E-state index in [0.29, 0.717) is 17.0 Å². The van der Waals surface area contributed by atoms with Crippen LogP contribution in [0.1, 0.15) is 32.4 Å². The second-order valence-electron chi connectivity index (χ2n) is 7.46. The Morgan fingerprint density at radius 3 is 2.93 bits per heavy atom. The number of nitrogens with one attached hydrogen (secondary N) is 1. The molecule has 28 heavy (non-hydrogen) atoms. The number of hydrogen-bond donors (Lipinski definition) is 2. The van der Waals surface area contributed by atoms with Crippen molar-refractivity contribution in [2.75, 3.05) is 19.5 Å². The predicted molar refractivity (Wildman–Crippen MR) is 98.6 cm³/mol. The van der Waals surface area contributed by atoms with Crippen molar-refractivity contribution in [3.05, 3.63) is 6.33 Å². The molecular formula is C16H23N6O5P. The zero-order chi connectivity index (χ0) is 19.5. The summed E-state index contributed by atoms with van der Waals surface area (Å²) in [7, 11) is -1.83. The Labute approximate surface area is 161 Å². The first-order chi connectivity index (χ1) is 13.5. The number of rotatable bonds is 4. The van der Waals surface area contributed by atoms with Crippen molar-refractivity contribution in [2.24, 2.45) is 5.92 Å². The highest BCUT2D eigenvalue weighted by atomic mass is 31.2. The number of methoxy groups -OCH3 is 1. The molecular weight excluding hydrogens is 387 g/mol. The van der Waals surface area contributed by atoms with E-state index in [0.717, 1.165) is 19.3 Å². The van der Waals surface area contributed by atoms with Crippen LogP contribution < -0.4 is 15.6 Å². The van der Waals surface area contributed by atoms with Gasteiger partial charge in [0.1, 0.15) is 18.4 Å². The highest BCUT2D eigenvalue weighted by Crippen LogP contribution is 2.55. The lowest BCUT2D eigenvalue weighted by molar-refractivity contribution is -0.0590. The second kappa shape index (κ2) is 6.64. The van der Waals surface area contributed by atoms with Gasteiger partial charge in [-0.2, -0.15) is 9.97 Å². The summed E-state index contributed by atoms with van der Waals surface area (Å²) >= 11 is 0. The van der Waals surface area contributed by atoms with Crippen molar-refractivity contribution >= 4 is 24.9 Å². The molecule has 0 spiro atoms. The molecule has 12 heteroatoms. The third-order valence-electron chi connectivity index (χ3n) is 5.64. The van der Waals surface area contributed by atoms with E-state index in [2.05, 4.69) is 20.0 Å². The standard InChI is InChI=1S/C16H23N6O5P/c1-8-12-10(6-25-28(23,27-12)21-9-4-3-5-9)26-15(8)22-7-18-11-13(22)19-16(17)20-14(11)24-2/h7-10,12,15H,3-6H2,1-2H3,(H,21,23)(H2,17,19,20). The Bertz CT molecular complexity index is 949. The van der Waals surface area contributed by atoms with Crippen LogP contribution in [0.15, 0.2) is 6.33 Å². The molecule has 2 aromatic rings. The van der Waals surface area contributed by atoms with Crippen LogP contribution in [0.4, 0.5) is 5.95 Å². The van der Waals surface area contributed by atoms with E-state index in [-0.39, 0.29) is 36.7 Å². The molecule has 2 aliphatic heterocycles. The van der Waals surface area contributed by atoms with Gasteiger partial charge in [0.05, 0.1) is 20.0 Å². The fraction of sp³-hybridized carbons (Fsp3) is 0.688. The smallest absolute Gasteiger partial charge is 0.406 e. The number of fused-ring (bicyclic) bond motifs is 2. The van der Waals surface area contributed by atoms with Gasteiger partial charge in [0.15, 0.2) is 11.2 Å². The van der Waals surface area contributed by atoms with Crippen molar-refractivity contribution in [3.8, 4) is 5.88 Å². The first-order valence-corrected chi connectivity index (χ1v) is 10.9. The summed E-state index contributed by atoms with van der Waals surface area (Å²) < 4.78 is 37.6. The van der Waals surface area contributed by atoms with Crippen LogP contribution in [0, 0.1) is 5.92 Å². The first-order valence-electron chi connectivity index (χ1n) is 9.38. The molecule has 0 amide bonds. The zero-order valence-corrected chi connectivity index (χ0v) is 16.5. The van der Waals surface area contributed by atoms with Crippen LogP contribution in [0.2, 0.25) is 0 Å². The quantitative estimate of drug-likeness (QED) is 0.716. The Kier molecular flexibility index (Phi) is 4.33. The third-order valence-corrected chi connectivity index (χ3v) is 7.33. The van der Waals surface area contributed by atoms with Crippen LogP contribution in [0.5, 0.6) is 5.88 Å². The van der Waals surface area contributed by atoms with Crippen molar-refractivity contribution in [1.29, 1.82) is 0 Å². The molecule has 1 aliphatic carbocycles. The van der Waals surface area contributed by atoms with Gasteiger partial charge in [-0.25, -0.2) is 14.6 Å². The Morgan fingerprint density at radius 1 is 1.39 bits per heavy atom. The maximum Gasteiger partial charge on any atom is 0.406 e. The molecule has 4 heterocycles. The van der Waals surface area contributed by atoms with Gasteiger partial charge >= 0.3 is 7.75 Å². The van der Waals surface area contributed by atoms with E-state index in [1.165, 1.54) is 7.11 Å². The second-order valence-corrected chi connectivity index (χ2v) is 9.18. The van der Waals surface area contributed by atoms with Crippen molar-refractivity contribution < 1.29 is 23.1 Å². The number of ether oxygens (including phenoxy) is 2. The van der Waals surface area contributed by atoms with Crippen molar-refractivity contribution in [2.45, 2.75) is 50.7 Å². The lowest BCUT2D eigenvalue weighted by Crippen LogP contribution is -2.42. The van der Waals surface area contributed by atoms with E-state index in [1.807, 2.05) is 6.92 Å². The maximum absolute atomic E-state index is 13.0. The predicted octanol–water partition coefficient (Wildman–Crippen LogP) is 1.62. The van der Waals surface area contributed by atoms with E-state index < -0.39 is 14.0 Å². The summed E-state index contributed by atoms with van der Waals surface area (Å²) in [4.78, 5) is 12.7. The molecule has 0 aromatic carbocycles. The van der Waals surface area contributed by atoms with E-state index in [1.54, 1.807) is 10.9 Å². The van der Waals surface area contributed by atoms with Crippen LogP contribution in [-0.4, -0.2) is 51.5 Å².